The van der Waals surface area contributed by atoms with Crippen molar-refractivity contribution in [2.75, 3.05) is 11.6 Å². The minimum Gasteiger partial charge on any atom is -0.450 e. The Morgan fingerprint density at radius 2 is 1.89 bits per heavy atom. The lowest BCUT2D eigenvalue weighted by Gasteiger charge is -1.98. The van der Waals surface area contributed by atoms with Crippen LogP contribution in [0, 0.1) is 20.8 Å². The molecule has 0 radical (unpaired) electrons. The van der Waals surface area contributed by atoms with Crippen molar-refractivity contribution in [3.05, 3.63) is 52.8 Å². The number of rotatable bonds is 3. The predicted molar refractivity (Wildman–Crippen MR) is 111 cm³/mol. The van der Waals surface area contributed by atoms with E-state index in [4.69, 9.17) is 4.42 Å². The molecule has 4 aromatic rings. The molecule has 0 aliphatic carbocycles. The maximum Gasteiger partial charge on any atom is 0.293 e. The summed E-state index contributed by atoms with van der Waals surface area (Å²) in [7, 11) is -3.30. The molecule has 0 bridgehead atoms. The third kappa shape index (κ3) is 3.18. The van der Waals surface area contributed by atoms with Gasteiger partial charge in [0, 0.05) is 17.2 Å². The van der Waals surface area contributed by atoms with Crippen molar-refractivity contribution < 1.29 is 17.6 Å². The lowest BCUT2D eigenvalue weighted by atomic mass is 10.1. The van der Waals surface area contributed by atoms with Gasteiger partial charge in [0.15, 0.2) is 20.7 Å². The lowest BCUT2D eigenvalue weighted by molar-refractivity contribution is 0.0998. The van der Waals surface area contributed by atoms with Gasteiger partial charge in [-0.25, -0.2) is 13.4 Å². The molecule has 0 fully saturated rings. The van der Waals surface area contributed by atoms with Crippen LogP contribution in [-0.2, 0) is 9.84 Å². The summed E-state index contributed by atoms with van der Waals surface area (Å²) in [5.41, 5.74) is 4.19. The first kappa shape index (κ1) is 18.6. The van der Waals surface area contributed by atoms with Crippen LogP contribution >= 0.6 is 11.3 Å². The third-order valence-electron chi connectivity index (χ3n) is 4.58. The molecule has 0 saturated heterocycles. The number of hydrogen-bond acceptors (Lipinski definition) is 6. The smallest absolute Gasteiger partial charge is 0.293 e. The first-order valence-electron chi connectivity index (χ1n) is 8.56. The highest BCUT2D eigenvalue weighted by Gasteiger charge is 2.20. The fourth-order valence-corrected chi connectivity index (χ4v) is 4.85. The zero-order chi connectivity index (χ0) is 20.2. The van der Waals surface area contributed by atoms with Gasteiger partial charge in [-0.3, -0.25) is 10.1 Å². The number of furan rings is 1. The molecule has 1 amide bonds. The van der Waals surface area contributed by atoms with Crippen LogP contribution in [0.2, 0.25) is 0 Å². The van der Waals surface area contributed by atoms with E-state index in [2.05, 4.69) is 10.3 Å². The van der Waals surface area contributed by atoms with E-state index in [1.54, 1.807) is 12.1 Å². The molecule has 6 nitrogen and oxygen atoms in total. The summed E-state index contributed by atoms with van der Waals surface area (Å²) in [4.78, 5) is 17.4. The number of amides is 1. The largest absolute Gasteiger partial charge is 0.450 e. The highest BCUT2D eigenvalue weighted by atomic mass is 32.2. The van der Waals surface area contributed by atoms with E-state index in [1.807, 2.05) is 32.9 Å². The molecule has 2 aromatic heterocycles. The third-order valence-corrected chi connectivity index (χ3v) is 6.63. The molecule has 0 atom stereocenters. The van der Waals surface area contributed by atoms with Gasteiger partial charge < -0.3 is 4.42 Å². The average molecular weight is 415 g/mol. The number of nitrogens with zero attached hydrogens (tertiary/aromatic N) is 1. The molecule has 4 rings (SSSR count). The summed E-state index contributed by atoms with van der Waals surface area (Å²) in [5, 5.41) is 4.08. The summed E-state index contributed by atoms with van der Waals surface area (Å²) in [6.45, 7) is 5.81. The molecule has 2 heterocycles. The average Bonchev–Trinajstić information content (AvgIpc) is 3.14. The molecular formula is C20H18N2O4S2. The monoisotopic (exact) mass is 414 g/mol. The Balaban J connectivity index is 1.70. The number of fused-ring (bicyclic) bond motifs is 2. The van der Waals surface area contributed by atoms with Crippen molar-refractivity contribution >= 4 is 53.4 Å². The predicted octanol–water partition coefficient (Wildman–Crippen LogP) is 4.62. The summed E-state index contributed by atoms with van der Waals surface area (Å²) in [5.74, 6) is -0.132. The van der Waals surface area contributed by atoms with Crippen molar-refractivity contribution in [1.82, 2.24) is 4.98 Å². The summed E-state index contributed by atoms with van der Waals surface area (Å²) in [6, 6.07) is 8.73. The Bertz CT molecular complexity index is 1360. The number of aryl methyl sites for hydroxylation is 3. The zero-order valence-corrected chi connectivity index (χ0v) is 17.4. The van der Waals surface area contributed by atoms with Gasteiger partial charge in [-0.1, -0.05) is 17.4 Å². The molecule has 0 unspecified atom stereocenters. The standard InChI is InChI=1S/C20H18N2O4S2/c1-10-7-11(2)17-14(8-10)12(3)18(26-17)19(23)22-20-21-15-6-5-13(28(4,24)25)9-16(15)27-20/h5-9H,1-4H3,(H,21,22,23). The number of carbonyl (C=O) groups excluding carboxylic acids is 1. The van der Waals surface area contributed by atoms with E-state index in [-0.39, 0.29) is 16.6 Å². The minimum absolute atomic E-state index is 0.223. The second-order valence-electron chi connectivity index (χ2n) is 6.89. The summed E-state index contributed by atoms with van der Waals surface area (Å²) in [6.07, 6.45) is 1.16. The van der Waals surface area contributed by atoms with Gasteiger partial charge in [0.1, 0.15) is 5.58 Å². The highest BCUT2D eigenvalue weighted by Crippen LogP contribution is 2.31. The highest BCUT2D eigenvalue weighted by molar-refractivity contribution is 7.90. The van der Waals surface area contributed by atoms with Gasteiger partial charge in [0.2, 0.25) is 0 Å². The zero-order valence-electron chi connectivity index (χ0n) is 15.8. The minimum atomic E-state index is -3.30. The second kappa shape index (κ2) is 6.42. The number of sulfone groups is 1. The van der Waals surface area contributed by atoms with E-state index >= 15 is 0 Å². The molecule has 2 aromatic carbocycles. The van der Waals surface area contributed by atoms with E-state index in [0.717, 1.165) is 28.3 Å². The second-order valence-corrected chi connectivity index (χ2v) is 9.94. The van der Waals surface area contributed by atoms with Crippen molar-refractivity contribution in [3.8, 4) is 0 Å². The fraction of sp³-hybridized carbons (Fsp3) is 0.200. The summed E-state index contributed by atoms with van der Waals surface area (Å²) < 4.78 is 30.0. The first-order chi connectivity index (χ1) is 13.1. The Morgan fingerprint density at radius 3 is 2.61 bits per heavy atom. The van der Waals surface area contributed by atoms with Crippen LogP contribution in [0.25, 0.3) is 21.2 Å². The number of hydrogen-bond donors (Lipinski definition) is 1. The Morgan fingerprint density at radius 1 is 1.14 bits per heavy atom. The van der Waals surface area contributed by atoms with E-state index in [1.165, 1.54) is 17.4 Å². The van der Waals surface area contributed by atoms with Gasteiger partial charge in [-0.15, -0.1) is 0 Å². The molecule has 0 aliphatic heterocycles. The lowest BCUT2D eigenvalue weighted by Crippen LogP contribution is -2.11. The molecular weight excluding hydrogens is 396 g/mol. The molecule has 28 heavy (non-hydrogen) atoms. The fourth-order valence-electron chi connectivity index (χ4n) is 3.23. The van der Waals surface area contributed by atoms with Crippen molar-refractivity contribution in [2.45, 2.75) is 25.7 Å². The van der Waals surface area contributed by atoms with Crippen molar-refractivity contribution in [3.63, 3.8) is 0 Å². The van der Waals surface area contributed by atoms with Crippen molar-refractivity contribution in [2.24, 2.45) is 0 Å². The maximum atomic E-state index is 12.8. The number of carbonyl (C=O) groups is 1. The van der Waals surface area contributed by atoms with E-state index < -0.39 is 9.84 Å². The summed E-state index contributed by atoms with van der Waals surface area (Å²) >= 11 is 1.22. The number of thiazole rings is 1. The Kier molecular flexibility index (Phi) is 4.28. The SMILES string of the molecule is Cc1cc(C)c2oc(C(=O)Nc3nc4ccc(S(C)(=O)=O)cc4s3)c(C)c2c1. The maximum absolute atomic E-state index is 12.8. The van der Waals surface area contributed by atoms with Gasteiger partial charge >= 0.3 is 0 Å². The quantitative estimate of drug-likeness (QED) is 0.528. The van der Waals surface area contributed by atoms with Crippen LogP contribution in [0.4, 0.5) is 5.13 Å². The van der Waals surface area contributed by atoms with Crippen LogP contribution < -0.4 is 5.32 Å². The molecule has 0 aliphatic rings. The number of aromatic nitrogens is 1. The van der Waals surface area contributed by atoms with Crippen LogP contribution in [0.1, 0.15) is 27.2 Å². The molecule has 144 valence electrons. The normalized spacial score (nSPS) is 12.0. The van der Waals surface area contributed by atoms with Crippen LogP contribution in [0.15, 0.2) is 39.6 Å². The Hall–Kier alpha value is -2.71. The topological polar surface area (TPSA) is 89.3 Å². The van der Waals surface area contributed by atoms with Gasteiger partial charge in [0.25, 0.3) is 5.91 Å². The van der Waals surface area contributed by atoms with Gasteiger partial charge in [-0.05, 0) is 56.2 Å². The van der Waals surface area contributed by atoms with Gasteiger partial charge in [-0.2, -0.15) is 0 Å². The Labute approximate surface area is 166 Å². The van der Waals surface area contributed by atoms with Gasteiger partial charge in [0.05, 0.1) is 15.1 Å². The van der Waals surface area contributed by atoms with Crippen LogP contribution in [0.3, 0.4) is 0 Å². The first-order valence-corrected chi connectivity index (χ1v) is 11.3. The molecule has 1 N–H and O–H groups in total. The van der Waals surface area contributed by atoms with E-state index in [9.17, 15) is 13.2 Å². The number of anilines is 1. The molecule has 0 saturated carbocycles. The van der Waals surface area contributed by atoms with E-state index in [0.29, 0.717) is 20.9 Å². The van der Waals surface area contributed by atoms with Crippen LogP contribution in [0.5, 0.6) is 0 Å². The van der Waals surface area contributed by atoms with Crippen LogP contribution in [-0.4, -0.2) is 25.6 Å². The molecule has 0 spiro atoms. The molecule has 8 heteroatoms. The number of nitrogens with one attached hydrogen (secondary N) is 1. The number of benzene rings is 2. The van der Waals surface area contributed by atoms with Crippen molar-refractivity contribution in [1.29, 1.82) is 0 Å².